The molecule has 1 amide bonds. The number of anilines is 1. The summed E-state index contributed by atoms with van der Waals surface area (Å²) in [7, 11) is 1.87. The molecule has 0 bridgehead atoms. The summed E-state index contributed by atoms with van der Waals surface area (Å²) in [6, 6.07) is 16.6. The summed E-state index contributed by atoms with van der Waals surface area (Å²) in [5.74, 6) is 0.195. The molecule has 0 atom stereocenters. The lowest BCUT2D eigenvalue weighted by molar-refractivity contribution is -0.118. The van der Waals surface area contributed by atoms with Crippen LogP contribution in [0.4, 0.5) is 5.69 Å². The fourth-order valence-electron chi connectivity index (χ4n) is 2.73. The van der Waals surface area contributed by atoms with Gasteiger partial charge in [0.25, 0.3) is 0 Å². The second kappa shape index (κ2) is 4.88. The van der Waals surface area contributed by atoms with E-state index >= 15 is 0 Å². The van der Waals surface area contributed by atoms with E-state index in [2.05, 4.69) is 30.3 Å². The van der Waals surface area contributed by atoms with Gasteiger partial charge in [-0.1, -0.05) is 42.5 Å². The molecule has 2 nitrogen and oxygen atoms in total. The van der Waals surface area contributed by atoms with Gasteiger partial charge in [0.15, 0.2) is 0 Å². The largest absolute Gasteiger partial charge is 0.315 e. The van der Waals surface area contributed by atoms with Gasteiger partial charge < -0.3 is 4.90 Å². The zero-order valence-corrected chi connectivity index (χ0v) is 11.1. The van der Waals surface area contributed by atoms with Gasteiger partial charge >= 0.3 is 0 Å². The van der Waals surface area contributed by atoms with Crippen LogP contribution in [0.1, 0.15) is 18.4 Å². The van der Waals surface area contributed by atoms with Gasteiger partial charge in [-0.25, -0.2) is 0 Å². The SMILES string of the molecule is CN1C(=O)CCCc2ccccc2-c2ccccc21. The monoisotopic (exact) mass is 251 g/mol. The molecule has 1 aliphatic rings. The number of aryl methyl sites for hydroxylation is 1. The maximum absolute atomic E-state index is 12.2. The number of carbonyl (C=O) groups is 1. The number of fused-ring (bicyclic) bond motifs is 3. The van der Waals surface area contributed by atoms with Crippen LogP contribution in [-0.4, -0.2) is 13.0 Å². The van der Waals surface area contributed by atoms with Crippen LogP contribution in [0.2, 0.25) is 0 Å². The fourth-order valence-corrected chi connectivity index (χ4v) is 2.73. The number of para-hydroxylation sites is 1. The van der Waals surface area contributed by atoms with E-state index in [0.29, 0.717) is 6.42 Å². The second-order valence-corrected chi connectivity index (χ2v) is 4.98. The highest BCUT2D eigenvalue weighted by Gasteiger charge is 2.18. The number of benzene rings is 2. The minimum absolute atomic E-state index is 0.195. The van der Waals surface area contributed by atoms with Gasteiger partial charge in [0.2, 0.25) is 5.91 Å². The van der Waals surface area contributed by atoms with Gasteiger partial charge in [-0.05, 0) is 30.0 Å². The smallest absolute Gasteiger partial charge is 0.226 e. The maximum atomic E-state index is 12.2. The molecule has 0 spiro atoms. The molecule has 2 aromatic carbocycles. The Morgan fingerprint density at radius 2 is 1.58 bits per heavy atom. The molecule has 0 aliphatic carbocycles. The minimum Gasteiger partial charge on any atom is -0.315 e. The van der Waals surface area contributed by atoms with Gasteiger partial charge in [0.1, 0.15) is 0 Å². The van der Waals surface area contributed by atoms with Crippen molar-refractivity contribution < 1.29 is 4.79 Å². The molecule has 2 heteroatoms. The van der Waals surface area contributed by atoms with Crippen molar-refractivity contribution in [3.8, 4) is 11.1 Å². The Hall–Kier alpha value is -2.09. The normalized spacial score (nSPS) is 15.0. The topological polar surface area (TPSA) is 20.3 Å². The van der Waals surface area contributed by atoms with E-state index in [4.69, 9.17) is 0 Å². The van der Waals surface area contributed by atoms with Crippen molar-refractivity contribution in [2.75, 3.05) is 11.9 Å². The van der Waals surface area contributed by atoms with E-state index in [1.165, 1.54) is 11.1 Å². The Kier molecular flexibility index (Phi) is 3.08. The van der Waals surface area contributed by atoms with E-state index in [0.717, 1.165) is 24.1 Å². The highest BCUT2D eigenvalue weighted by Crippen LogP contribution is 2.34. The van der Waals surface area contributed by atoms with E-state index in [1.54, 1.807) is 4.90 Å². The molecule has 1 heterocycles. The molecular formula is C17H17NO. The molecule has 0 N–H and O–H groups in total. The van der Waals surface area contributed by atoms with Crippen molar-refractivity contribution in [3.63, 3.8) is 0 Å². The van der Waals surface area contributed by atoms with Crippen LogP contribution >= 0.6 is 0 Å². The summed E-state index contributed by atoms with van der Waals surface area (Å²) >= 11 is 0. The first-order valence-corrected chi connectivity index (χ1v) is 6.71. The molecule has 0 fully saturated rings. The predicted molar refractivity (Wildman–Crippen MR) is 78.2 cm³/mol. The van der Waals surface area contributed by atoms with E-state index in [-0.39, 0.29) is 5.91 Å². The number of hydrogen-bond donors (Lipinski definition) is 0. The summed E-state index contributed by atoms with van der Waals surface area (Å²) < 4.78 is 0. The Bertz CT molecular complexity index is 618. The van der Waals surface area contributed by atoms with Crippen LogP contribution in [0.15, 0.2) is 48.5 Å². The van der Waals surface area contributed by atoms with E-state index in [1.807, 2.05) is 25.2 Å². The Balaban J connectivity index is 2.24. The summed E-state index contributed by atoms with van der Waals surface area (Å²) in [6.07, 6.45) is 2.48. The highest BCUT2D eigenvalue weighted by atomic mass is 16.2. The average Bonchev–Trinajstić information content (AvgIpc) is 2.51. The van der Waals surface area contributed by atoms with Gasteiger partial charge in [-0.3, -0.25) is 4.79 Å². The minimum atomic E-state index is 0.195. The first-order chi connectivity index (χ1) is 9.27. The van der Waals surface area contributed by atoms with Crippen molar-refractivity contribution in [2.45, 2.75) is 19.3 Å². The lowest BCUT2D eigenvalue weighted by atomic mass is 9.96. The second-order valence-electron chi connectivity index (χ2n) is 4.98. The number of amides is 1. The van der Waals surface area contributed by atoms with Crippen molar-refractivity contribution >= 4 is 11.6 Å². The molecule has 0 unspecified atom stereocenters. The van der Waals surface area contributed by atoms with Gasteiger partial charge in [-0.2, -0.15) is 0 Å². The quantitative estimate of drug-likeness (QED) is 0.700. The zero-order valence-electron chi connectivity index (χ0n) is 11.1. The van der Waals surface area contributed by atoms with Crippen LogP contribution in [0.5, 0.6) is 0 Å². The van der Waals surface area contributed by atoms with Crippen molar-refractivity contribution in [2.24, 2.45) is 0 Å². The Morgan fingerprint density at radius 1 is 0.895 bits per heavy atom. The lowest BCUT2D eigenvalue weighted by Gasteiger charge is -2.20. The number of hydrogen-bond acceptors (Lipinski definition) is 1. The average molecular weight is 251 g/mol. The first-order valence-electron chi connectivity index (χ1n) is 6.71. The van der Waals surface area contributed by atoms with Crippen molar-refractivity contribution in [1.29, 1.82) is 0 Å². The van der Waals surface area contributed by atoms with Crippen molar-refractivity contribution in [3.05, 3.63) is 54.1 Å². The summed E-state index contributed by atoms with van der Waals surface area (Å²) in [5, 5.41) is 0. The summed E-state index contributed by atoms with van der Waals surface area (Å²) in [5.41, 5.74) is 4.73. The van der Waals surface area contributed by atoms with Crippen LogP contribution in [0.3, 0.4) is 0 Å². The van der Waals surface area contributed by atoms with E-state index < -0.39 is 0 Å². The van der Waals surface area contributed by atoms with Crippen LogP contribution in [-0.2, 0) is 11.2 Å². The Labute approximate surface area is 113 Å². The summed E-state index contributed by atoms with van der Waals surface area (Å²) in [4.78, 5) is 13.9. The zero-order chi connectivity index (χ0) is 13.2. The molecular weight excluding hydrogens is 234 g/mol. The van der Waals surface area contributed by atoms with Gasteiger partial charge in [0.05, 0.1) is 5.69 Å². The van der Waals surface area contributed by atoms with E-state index in [9.17, 15) is 4.79 Å². The van der Waals surface area contributed by atoms with Crippen LogP contribution in [0, 0.1) is 0 Å². The first kappa shape index (κ1) is 12.0. The molecule has 96 valence electrons. The predicted octanol–water partition coefficient (Wildman–Crippen LogP) is 3.65. The third-order valence-corrected chi connectivity index (χ3v) is 3.78. The third kappa shape index (κ3) is 2.14. The molecule has 0 radical (unpaired) electrons. The van der Waals surface area contributed by atoms with Crippen LogP contribution < -0.4 is 4.90 Å². The van der Waals surface area contributed by atoms with Gasteiger partial charge in [0, 0.05) is 19.0 Å². The standard InChI is InChI=1S/C17H17NO/c1-18-16-11-5-4-10-15(16)14-9-3-2-7-13(14)8-6-12-17(18)19/h2-5,7,9-11H,6,8,12H2,1H3. The molecule has 0 saturated carbocycles. The molecule has 1 aliphatic heterocycles. The summed E-state index contributed by atoms with van der Waals surface area (Å²) in [6.45, 7) is 0. The third-order valence-electron chi connectivity index (χ3n) is 3.78. The number of rotatable bonds is 0. The molecule has 3 rings (SSSR count). The number of carbonyl (C=O) groups excluding carboxylic acids is 1. The maximum Gasteiger partial charge on any atom is 0.226 e. The molecule has 2 aromatic rings. The van der Waals surface area contributed by atoms with Crippen LogP contribution in [0.25, 0.3) is 11.1 Å². The Morgan fingerprint density at radius 3 is 2.42 bits per heavy atom. The molecule has 0 aromatic heterocycles. The molecule has 19 heavy (non-hydrogen) atoms. The van der Waals surface area contributed by atoms with Gasteiger partial charge in [-0.15, -0.1) is 0 Å². The fraction of sp³-hybridized carbons (Fsp3) is 0.235. The highest BCUT2D eigenvalue weighted by molar-refractivity contribution is 5.98. The lowest BCUT2D eigenvalue weighted by Crippen LogP contribution is -2.26. The number of nitrogens with zero attached hydrogens (tertiary/aromatic N) is 1. The molecule has 0 saturated heterocycles. The van der Waals surface area contributed by atoms with Crippen molar-refractivity contribution in [1.82, 2.24) is 0 Å².